The number of hydrogen-bond donors (Lipinski definition) is 0. The van der Waals surface area contributed by atoms with E-state index in [-0.39, 0.29) is 0 Å². The van der Waals surface area contributed by atoms with E-state index in [0.717, 1.165) is 44.9 Å². The topological polar surface area (TPSA) is 55.4 Å². The second-order valence-corrected chi connectivity index (χ2v) is 34.4. The Kier molecular flexibility index (Phi) is 37.0. The molecule has 110 heavy (non-hydrogen) atoms. The number of hydrogen-bond acceptors (Lipinski definition) is 6. The molecule has 6 nitrogen and oxygen atoms in total. The Hall–Kier alpha value is -7.44. The Labute approximate surface area is 671 Å². The normalized spacial score (nSPS) is 19.2. The van der Waals surface area contributed by atoms with Gasteiger partial charge in [-0.1, -0.05) is 99.5 Å². The van der Waals surface area contributed by atoms with Crippen LogP contribution >= 0.6 is 0 Å². The Morgan fingerprint density at radius 2 is 0.536 bits per heavy atom. The van der Waals surface area contributed by atoms with Crippen molar-refractivity contribution in [2.75, 3.05) is 0 Å². The third-order valence-corrected chi connectivity index (χ3v) is 24.3. The monoisotopic (exact) mass is 1490 g/mol. The average molecular weight is 1490 g/mol. The molecule has 0 saturated heterocycles. The van der Waals surface area contributed by atoms with Crippen molar-refractivity contribution in [2.45, 2.75) is 370 Å². The molecule has 0 bridgehead atoms. The lowest BCUT2D eigenvalue weighted by Gasteiger charge is -2.24. The SMILES string of the molecule is CC1=COC(CCCc2cc(C)c(C)cc2C)CC1.CC1=COC(Cc2cc(C)c(C)cc2C)CC1.CCCC1=COC(Cc2cc(C)c(C)cc2C)CC1.CCCC1CCC(Cc2cc(C)c(C)cc2C)=CO1.Cc1cc(C)c(CC2=COC(C)CC2)cc1C.Cc1cc(C)c(CCCC2=COC(C)CC2)cc1C. The van der Waals surface area contributed by atoms with Crippen LogP contribution in [0.4, 0.5) is 0 Å². The molecule has 6 aromatic carbocycles. The summed E-state index contributed by atoms with van der Waals surface area (Å²) in [7, 11) is 0. The molecule has 6 unspecified atom stereocenters. The molecule has 0 aliphatic carbocycles. The summed E-state index contributed by atoms with van der Waals surface area (Å²) in [6.45, 7) is 52.6. The fourth-order valence-corrected chi connectivity index (χ4v) is 15.7. The molecule has 600 valence electrons. The van der Waals surface area contributed by atoms with E-state index < -0.39 is 0 Å². The maximum atomic E-state index is 5.91. The minimum atomic E-state index is 0.361. The van der Waals surface area contributed by atoms with Crippen LogP contribution in [0.3, 0.4) is 0 Å². The van der Waals surface area contributed by atoms with E-state index in [1.54, 1.807) is 0 Å². The van der Waals surface area contributed by atoms with Gasteiger partial charge in [-0.15, -0.1) is 0 Å². The van der Waals surface area contributed by atoms with Crippen molar-refractivity contribution in [3.63, 3.8) is 0 Å². The van der Waals surface area contributed by atoms with Crippen molar-refractivity contribution in [1.82, 2.24) is 0 Å². The third kappa shape index (κ3) is 29.9. The third-order valence-electron chi connectivity index (χ3n) is 24.3. The molecule has 0 saturated carbocycles. The van der Waals surface area contributed by atoms with Gasteiger partial charge in [0.25, 0.3) is 0 Å². The zero-order valence-corrected chi connectivity index (χ0v) is 73.7. The second-order valence-electron chi connectivity index (χ2n) is 34.4. The van der Waals surface area contributed by atoms with Gasteiger partial charge in [0, 0.05) is 12.8 Å². The van der Waals surface area contributed by atoms with Crippen molar-refractivity contribution >= 4 is 0 Å². The van der Waals surface area contributed by atoms with Crippen LogP contribution in [0.5, 0.6) is 0 Å². The van der Waals surface area contributed by atoms with Crippen LogP contribution in [0, 0.1) is 125 Å². The number of rotatable bonds is 20. The van der Waals surface area contributed by atoms with Crippen molar-refractivity contribution in [2.24, 2.45) is 0 Å². The summed E-state index contributed by atoms with van der Waals surface area (Å²) in [5.74, 6) is 0. The molecule has 0 aromatic heterocycles. The van der Waals surface area contributed by atoms with Gasteiger partial charge < -0.3 is 28.4 Å². The van der Waals surface area contributed by atoms with E-state index in [2.05, 4.69) is 239 Å². The van der Waals surface area contributed by atoms with E-state index >= 15 is 0 Å². The van der Waals surface area contributed by atoms with Gasteiger partial charge in [0.1, 0.15) is 12.2 Å². The summed E-state index contributed by atoms with van der Waals surface area (Å²) >= 11 is 0. The molecule has 0 radical (unpaired) electrons. The van der Waals surface area contributed by atoms with E-state index in [4.69, 9.17) is 28.4 Å². The molecule has 0 fully saturated rings. The van der Waals surface area contributed by atoms with Gasteiger partial charge in [0.05, 0.1) is 62.0 Å². The first-order chi connectivity index (χ1) is 52.4. The molecule has 0 spiro atoms. The number of benzene rings is 6. The first-order valence-corrected chi connectivity index (χ1v) is 42.8. The highest BCUT2D eigenvalue weighted by atomic mass is 16.5. The molecule has 6 heterocycles. The van der Waals surface area contributed by atoms with Gasteiger partial charge in [-0.05, 0) is 461 Å². The minimum absolute atomic E-state index is 0.361. The lowest BCUT2D eigenvalue weighted by Crippen LogP contribution is -2.18. The smallest absolute Gasteiger partial charge is 0.102 e. The first-order valence-electron chi connectivity index (χ1n) is 42.8. The highest BCUT2D eigenvalue weighted by Crippen LogP contribution is 2.32. The standard InChI is InChI=1S/4C18H26O.2C16H22O/c1-13-10-15(3)18(11-14(13)2)7-5-6-17-9-8-16(4)19-12-17;1-13-8-9-18(19-12-13)7-5-6-17-11-15(3)14(2)10-16(17)4;1-5-6-18-8-7-16(12-19-18)11-17-10-14(3)13(2)9-15(17)4;1-5-6-16-7-8-18(19-12-16)11-17-10-14(3)13(2)9-15(17)4;1-11-7-13(3)16(8-12(11)2)9-15-6-5-14(4)17-10-15;1-11-5-6-16(17-10-11)9-15-8-13(3)12(2)7-14(15)4/h10-12,16H,5-9H2,1-4H3;10-12,18H,5-9H2,1-4H3;2*9-10,12,18H,5-8,11H2,1-4H3;7-8,10,14H,5-6,9H2,1-4H3;7-8,10,16H,5-6,9H2,1-4H3. The van der Waals surface area contributed by atoms with Crippen LogP contribution in [0.15, 0.2) is 144 Å². The van der Waals surface area contributed by atoms with Gasteiger partial charge >= 0.3 is 0 Å². The van der Waals surface area contributed by atoms with Crippen LogP contribution in [-0.4, -0.2) is 36.6 Å². The molecule has 6 aromatic rings. The number of allylic oxidation sites excluding steroid dienone is 6. The zero-order valence-electron chi connectivity index (χ0n) is 73.7. The first kappa shape index (κ1) is 89.8. The highest BCUT2D eigenvalue weighted by Gasteiger charge is 2.22. The van der Waals surface area contributed by atoms with Gasteiger partial charge in [-0.3, -0.25) is 0 Å². The maximum Gasteiger partial charge on any atom is 0.102 e. The Balaban J connectivity index is 0.000000184. The van der Waals surface area contributed by atoms with Crippen LogP contribution in [0.1, 0.15) is 303 Å². The van der Waals surface area contributed by atoms with Gasteiger partial charge in [0.2, 0.25) is 0 Å². The summed E-state index contributed by atoms with van der Waals surface area (Å²) < 4.78 is 34.4. The van der Waals surface area contributed by atoms with E-state index in [0.29, 0.717) is 36.6 Å². The summed E-state index contributed by atoms with van der Waals surface area (Å²) in [5, 5.41) is 0. The lowest BCUT2D eigenvalue weighted by molar-refractivity contribution is 0.109. The Bertz CT molecular complexity index is 4140. The van der Waals surface area contributed by atoms with Gasteiger partial charge in [-0.2, -0.15) is 0 Å². The van der Waals surface area contributed by atoms with Gasteiger partial charge in [-0.25, -0.2) is 0 Å². The summed E-state index contributed by atoms with van der Waals surface area (Å²) in [6.07, 6.45) is 44.6. The van der Waals surface area contributed by atoms with Crippen molar-refractivity contribution in [1.29, 1.82) is 0 Å². The van der Waals surface area contributed by atoms with Crippen LogP contribution < -0.4 is 0 Å². The quantitative estimate of drug-likeness (QED) is 0.0759. The van der Waals surface area contributed by atoms with Crippen molar-refractivity contribution < 1.29 is 28.4 Å². The van der Waals surface area contributed by atoms with E-state index in [1.807, 2.05) is 37.6 Å². The predicted octanol–water partition coefficient (Wildman–Crippen LogP) is 28.5. The minimum Gasteiger partial charge on any atom is -0.498 e. The average Bonchev–Trinajstić information content (AvgIpc) is 0.857. The molecule has 0 N–H and O–H groups in total. The van der Waals surface area contributed by atoms with Crippen LogP contribution in [0.25, 0.3) is 0 Å². The second kappa shape index (κ2) is 45.3. The van der Waals surface area contributed by atoms with Crippen LogP contribution in [0.2, 0.25) is 0 Å². The number of aryl methyl sites for hydroxylation is 20. The highest BCUT2D eigenvalue weighted by molar-refractivity contribution is 5.43. The van der Waals surface area contributed by atoms with Gasteiger partial charge in [0.15, 0.2) is 0 Å². The molecular weight excluding hydrogens is 1350 g/mol. The fourth-order valence-electron chi connectivity index (χ4n) is 15.7. The summed E-state index contributed by atoms with van der Waals surface area (Å²) in [4.78, 5) is 0. The van der Waals surface area contributed by atoms with E-state index in [1.165, 1.54) is 289 Å². The lowest BCUT2D eigenvalue weighted by atomic mass is 9.93. The molecule has 12 rings (SSSR count). The largest absolute Gasteiger partial charge is 0.498 e. The molecule has 6 aliphatic rings. The summed E-state index contributed by atoms with van der Waals surface area (Å²) in [6, 6.07) is 27.8. The molecule has 0 amide bonds. The van der Waals surface area contributed by atoms with E-state index in [9.17, 15) is 0 Å². The summed E-state index contributed by atoms with van der Waals surface area (Å²) in [5.41, 5.74) is 42.5. The maximum absolute atomic E-state index is 5.91. The van der Waals surface area contributed by atoms with Crippen molar-refractivity contribution in [3.8, 4) is 0 Å². The van der Waals surface area contributed by atoms with Crippen LogP contribution in [-0.2, 0) is 66.9 Å². The van der Waals surface area contributed by atoms with Crippen molar-refractivity contribution in [3.05, 3.63) is 277 Å². The molecule has 6 atom stereocenters. The molecule has 6 aliphatic heterocycles. The predicted molar refractivity (Wildman–Crippen MR) is 470 cm³/mol. The Morgan fingerprint density at radius 3 is 0.900 bits per heavy atom. The molecule has 6 heteroatoms. The Morgan fingerprint density at radius 1 is 0.245 bits per heavy atom. The number of ether oxygens (including phenoxy) is 6. The fraction of sp³-hybridized carbons (Fsp3) is 0.538. The molecular formula is C104H148O6. The zero-order chi connectivity index (χ0) is 80.1.